The van der Waals surface area contributed by atoms with Gasteiger partial charge < -0.3 is 20.3 Å². The van der Waals surface area contributed by atoms with Gasteiger partial charge in [-0.3, -0.25) is 0 Å². The minimum absolute atomic E-state index is 0. The summed E-state index contributed by atoms with van der Waals surface area (Å²) in [5.74, 6) is 1.30. The Morgan fingerprint density at radius 2 is 2.00 bits per heavy atom. The number of methoxy groups -OCH3 is 2. The highest BCUT2D eigenvalue weighted by molar-refractivity contribution is 5.85. The maximum absolute atomic E-state index is 8.84. The summed E-state index contributed by atoms with van der Waals surface area (Å²) < 4.78 is 10.4. The highest BCUT2D eigenvalue weighted by atomic mass is 35.5. The predicted molar refractivity (Wildman–Crippen MR) is 65.4 cm³/mol. The molecule has 0 aliphatic rings. The summed E-state index contributed by atoms with van der Waals surface area (Å²) in [6.07, 6.45) is 0.503. The smallest absolute Gasteiger partial charge is 0.165 e. The maximum atomic E-state index is 8.84. The standard InChI is InChI=1S/C11H17NO3.ClH/c1-14-10-5-3-4-8(11(10)15-2)9(12)6-7-13;/h3-5,9,13H,6-7,12H2,1-2H3;1H/t9-;/m0./s1. The average Bonchev–Trinajstić information content (AvgIpc) is 2.28. The Labute approximate surface area is 102 Å². The molecular weight excluding hydrogens is 230 g/mol. The van der Waals surface area contributed by atoms with E-state index in [0.717, 1.165) is 5.56 Å². The van der Waals surface area contributed by atoms with Gasteiger partial charge >= 0.3 is 0 Å². The Morgan fingerprint density at radius 1 is 1.31 bits per heavy atom. The summed E-state index contributed by atoms with van der Waals surface area (Å²) in [5, 5.41) is 8.84. The average molecular weight is 248 g/mol. The van der Waals surface area contributed by atoms with E-state index in [1.807, 2.05) is 18.2 Å². The van der Waals surface area contributed by atoms with Crippen LogP contribution >= 0.6 is 12.4 Å². The first-order valence-electron chi connectivity index (χ1n) is 4.82. The van der Waals surface area contributed by atoms with Gasteiger partial charge in [0.15, 0.2) is 11.5 Å². The number of hydrogen-bond donors (Lipinski definition) is 2. The summed E-state index contributed by atoms with van der Waals surface area (Å²) in [5.41, 5.74) is 6.76. The Bertz CT molecular complexity index is 320. The van der Waals surface area contributed by atoms with Gasteiger partial charge in [0.1, 0.15) is 0 Å². The second-order valence-electron chi connectivity index (χ2n) is 3.20. The summed E-state index contributed by atoms with van der Waals surface area (Å²) >= 11 is 0. The molecule has 0 saturated carbocycles. The number of benzene rings is 1. The van der Waals surface area contributed by atoms with Crippen LogP contribution in [0.5, 0.6) is 11.5 Å². The van der Waals surface area contributed by atoms with Crippen LogP contribution in [-0.4, -0.2) is 25.9 Å². The third-order valence-electron chi connectivity index (χ3n) is 2.27. The third-order valence-corrected chi connectivity index (χ3v) is 2.27. The van der Waals surface area contributed by atoms with Crippen molar-refractivity contribution >= 4 is 12.4 Å². The molecule has 0 amide bonds. The van der Waals surface area contributed by atoms with Crippen LogP contribution in [0.1, 0.15) is 18.0 Å². The fourth-order valence-corrected chi connectivity index (χ4v) is 1.50. The molecule has 0 bridgehead atoms. The van der Waals surface area contributed by atoms with E-state index in [1.54, 1.807) is 14.2 Å². The van der Waals surface area contributed by atoms with E-state index < -0.39 is 0 Å². The van der Waals surface area contributed by atoms with Gasteiger partial charge in [-0.2, -0.15) is 0 Å². The molecule has 1 aromatic rings. The summed E-state index contributed by atoms with van der Waals surface area (Å²) in [4.78, 5) is 0. The zero-order valence-corrected chi connectivity index (χ0v) is 10.3. The second kappa shape index (κ2) is 7.33. The van der Waals surface area contributed by atoms with Crippen LogP contribution in [0.25, 0.3) is 0 Å². The normalized spacial score (nSPS) is 11.5. The zero-order chi connectivity index (χ0) is 11.3. The van der Waals surface area contributed by atoms with Crippen molar-refractivity contribution in [3.63, 3.8) is 0 Å². The molecular formula is C11H18ClNO3. The minimum atomic E-state index is -0.236. The molecule has 0 radical (unpaired) electrons. The van der Waals surface area contributed by atoms with E-state index in [1.165, 1.54) is 0 Å². The van der Waals surface area contributed by atoms with Crippen LogP contribution in [-0.2, 0) is 0 Å². The van der Waals surface area contributed by atoms with Crippen molar-refractivity contribution in [2.45, 2.75) is 12.5 Å². The first kappa shape index (κ1) is 15.0. The van der Waals surface area contributed by atoms with Gasteiger partial charge in [-0.25, -0.2) is 0 Å². The van der Waals surface area contributed by atoms with Crippen molar-refractivity contribution in [1.29, 1.82) is 0 Å². The van der Waals surface area contributed by atoms with Gasteiger partial charge in [0, 0.05) is 18.2 Å². The maximum Gasteiger partial charge on any atom is 0.165 e. The number of aliphatic hydroxyl groups is 1. The largest absolute Gasteiger partial charge is 0.493 e. The number of rotatable bonds is 5. The Morgan fingerprint density at radius 3 is 2.50 bits per heavy atom. The Hall–Kier alpha value is -0.970. The number of aliphatic hydroxyl groups excluding tert-OH is 1. The molecule has 1 aromatic carbocycles. The van der Waals surface area contributed by atoms with E-state index in [0.29, 0.717) is 17.9 Å². The minimum Gasteiger partial charge on any atom is -0.493 e. The molecule has 0 unspecified atom stereocenters. The van der Waals surface area contributed by atoms with Crippen molar-refractivity contribution in [3.05, 3.63) is 23.8 Å². The number of nitrogens with two attached hydrogens (primary N) is 1. The SMILES string of the molecule is COc1cccc([C@@H](N)CCO)c1OC.Cl. The molecule has 1 rings (SSSR count). The zero-order valence-electron chi connectivity index (χ0n) is 9.47. The summed E-state index contributed by atoms with van der Waals surface area (Å²) in [7, 11) is 3.16. The number of halogens is 1. The molecule has 16 heavy (non-hydrogen) atoms. The lowest BCUT2D eigenvalue weighted by atomic mass is 10.0. The molecule has 1 atom stereocenters. The third kappa shape index (κ3) is 3.27. The first-order valence-corrected chi connectivity index (χ1v) is 4.82. The number of ether oxygens (including phenoxy) is 2. The quantitative estimate of drug-likeness (QED) is 0.828. The van der Waals surface area contributed by atoms with Crippen LogP contribution in [0, 0.1) is 0 Å². The van der Waals surface area contributed by atoms with Crippen LogP contribution in [0.4, 0.5) is 0 Å². The summed E-state index contributed by atoms with van der Waals surface area (Å²) in [6.45, 7) is 0.0571. The molecule has 0 heterocycles. The van der Waals surface area contributed by atoms with Crippen molar-refractivity contribution in [1.82, 2.24) is 0 Å². The van der Waals surface area contributed by atoms with Crippen LogP contribution in [0.3, 0.4) is 0 Å². The molecule has 0 aliphatic carbocycles. The molecule has 4 nitrogen and oxygen atoms in total. The van der Waals surface area contributed by atoms with Gasteiger partial charge in [-0.15, -0.1) is 12.4 Å². The van der Waals surface area contributed by atoms with Gasteiger partial charge in [0.2, 0.25) is 0 Å². The molecule has 5 heteroatoms. The second-order valence-corrected chi connectivity index (χ2v) is 3.20. The van der Waals surface area contributed by atoms with Gasteiger partial charge in [0.05, 0.1) is 14.2 Å². The number of hydrogen-bond acceptors (Lipinski definition) is 4. The van der Waals surface area contributed by atoms with E-state index in [-0.39, 0.29) is 25.1 Å². The van der Waals surface area contributed by atoms with Crippen molar-refractivity contribution < 1.29 is 14.6 Å². The molecule has 92 valence electrons. The molecule has 3 N–H and O–H groups in total. The first-order chi connectivity index (χ1) is 7.24. The lowest BCUT2D eigenvalue weighted by Crippen LogP contribution is -2.13. The topological polar surface area (TPSA) is 64.7 Å². The predicted octanol–water partition coefficient (Wildman–Crippen LogP) is 1.51. The fraction of sp³-hybridized carbons (Fsp3) is 0.455. The van der Waals surface area contributed by atoms with Crippen LogP contribution < -0.4 is 15.2 Å². The Kier molecular flexibility index (Phi) is 6.88. The lowest BCUT2D eigenvalue weighted by molar-refractivity contribution is 0.274. The lowest BCUT2D eigenvalue weighted by Gasteiger charge is -2.16. The molecule has 0 fully saturated rings. The highest BCUT2D eigenvalue weighted by Gasteiger charge is 2.14. The van der Waals surface area contributed by atoms with Crippen molar-refractivity contribution in [2.24, 2.45) is 5.73 Å². The van der Waals surface area contributed by atoms with Crippen molar-refractivity contribution in [3.8, 4) is 11.5 Å². The monoisotopic (exact) mass is 247 g/mol. The molecule has 0 saturated heterocycles. The summed E-state index contributed by atoms with van der Waals surface area (Å²) in [6, 6.07) is 5.31. The fourth-order valence-electron chi connectivity index (χ4n) is 1.50. The van der Waals surface area contributed by atoms with Crippen molar-refractivity contribution in [2.75, 3.05) is 20.8 Å². The van der Waals surface area contributed by atoms with E-state index in [4.69, 9.17) is 20.3 Å². The van der Waals surface area contributed by atoms with E-state index in [9.17, 15) is 0 Å². The van der Waals surface area contributed by atoms with Gasteiger partial charge in [-0.05, 0) is 12.5 Å². The van der Waals surface area contributed by atoms with Gasteiger partial charge in [0.25, 0.3) is 0 Å². The van der Waals surface area contributed by atoms with Crippen LogP contribution in [0.2, 0.25) is 0 Å². The van der Waals surface area contributed by atoms with E-state index in [2.05, 4.69) is 0 Å². The van der Waals surface area contributed by atoms with Crippen LogP contribution in [0.15, 0.2) is 18.2 Å². The highest BCUT2D eigenvalue weighted by Crippen LogP contribution is 2.34. The molecule has 0 aromatic heterocycles. The van der Waals surface area contributed by atoms with E-state index >= 15 is 0 Å². The Balaban J connectivity index is 0.00000225. The number of para-hydroxylation sites is 1. The molecule has 0 aliphatic heterocycles. The molecule has 0 spiro atoms. The van der Waals surface area contributed by atoms with Gasteiger partial charge in [-0.1, -0.05) is 12.1 Å².